The lowest BCUT2D eigenvalue weighted by atomic mass is 10.1. The molecule has 0 bridgehead atoms. The molecule has 3 rings (SSSR count). The first-order valence-corrected chi connectivity index (χ1v) is 11.1. The van der Waals surface area contributed by atoms with Crippen molar-refractivity contribution in [1.82, 2.24) is 15.1 Å². The lowest BCUT2D eigenvalue weighted by Gasteiger charge is -2.32. The molecule has 0 spiro atoms. The van der Waals surface area contributed by atoms with Crippen LogP contribution in [-0.2, 0) is 17.8 Å². The van der Waals surface area contributed by atoms with Gasteiger partial charge in [0.2, 0.25) is 11.7 Å². The van der Waals surface area contributed by atoms with Crippen molar-refractivity contribution in [1.29, 1.82) is 0 Å². The summed E-state index contributed by atoms with van der Waals surface area (Å²) in [5.74, 6) is 1.67. The first kappa shape index (κ1) is 24.4. The molecule has 0 aliphatic carbocycles. The van der Waals surface area contributed by atoms with E-state index in [-0.39, 0.29) is 11.8 Å². The maximum absolute atomic E-state index is 12.6. The van der Waals surface area contributed by atoms with Crippen molar-refractivity contribution in [3.8, 4) is 17.2 Å². The summed E-state index contributed by atoms with van der Waals surface area (Å²) in [6, 6.07) is 11.1. The van der Waals surface area contributed by atoms with Crippen LogP contribution in [-0.4, -0.2) is 76.2 Å². The molecule has 1 N–H and O–H groups in total. The number of nitrogens with zero attached hydrogens (tertiary/aromatic N) is 2. The molecule has 1 saturated heterocycles. The molecule has 2 aromatic rings. The second-order valence-corrected chi connectivity index (χ2v) is 8.10. The third-order valence-electron chi connectivity index (χ3n) is 5.85. The minimum atomic E-state index is -0.0543. The Kier molecular flexibility index (Phi) is 8.54. The van der Waals surface area contributed by atoms with Crippen molar-refractivity contribution in [2.24, 2.45) is 0 Å². The molecule has 1 fully saturated rings. The van der Waals surface area contributed by atoms with Crippen molar-refractivity contribution in [2.75, 3.05) is 54.6 Å². The summed E-state index contributed by atoms with van der Waals surface area (Å²) < 4.78 is 16.1. The van der Waals surface area contributed by atoms with E-state index in [2.05, 4.69) is 17.3 Å². The topological polar surface area (TPSA) is 80.3 Å². The van der Waals surface area contributed by atoms with Gasteiger partial charge in [0.05, 0.1) is 21.3 Å². The van der Waals surface area contributed by atoms with Gasteiger partial charge in [0.15, 0.2) is 11.5 Å². The summed E-state index contributed by atoms with van der Waals surface area (Å²) in [7, 11) is 6.76. The van der Waals surface area contributed by atoms with E-state index in [1.807, 2.05) is 41.3 Å². The summed E-state index contributed by atoms with van der Waals surface area (Å²) >= 11 is 0. The van der Waals surface area contributed by atoms with Gasteiger partial charge in [0, 0.05) is 44.7 Å². The quantitative estimate of drug-likeness (QED) is 0.625. The molecule has 2 aromatic carbocycles. The fraction of sp³-hybridized carbons (Fsp3) is 0.440. The first-order chi connectivity index (χ1) is 15.9. The molecule has 0 unspecified atom stereocenters. The maximum Gasteiger partial charge on any atom is 0.253 e. The number of hydrogen-bond acceptors (Lipinski definition) is 6. The van der Waals surface area contributed by atoms with Crippen molar-refractivity contribution in [3.05, 3.63) is 53.1 Å². The molecule has 0 saturated carbocycles. The zero-order chi connectivity index (χ0) is 23.8. The molecule has 0 radical (unpaired) electrons. The molecule has 1 heterocycles. The van der Waals surface area contributed by atoms with E-state index in [4.69, 9.17) is 14.2 Å². The Morgan fingerprint density at radius 3 is 2.03 bits per heavy atom. The molecular formula is C25H33N3O5. The van der Waals surface area contributed by atoms with E-state index in [1.165, 1.54) is 0 Å². The Bertz CT molecular complexity index is 928. The molecule has 1 aliphatic rings. The normalized spacial score (nSPS) is 14.0. The van der Waals surface area contributed by atoms with Crippen LogP contribution in [0.1, 0.15) is 27.9 Å². The van der Waals surface area contributed by atoms with Gasteiger partial charge in [-0.25, -0.2) is 0 Å². The number of rotatable bonds is 9. The lowest BCUT2D eigenvalue weighted by molar-refractivity contribution is -0.121. The van der Waals surface area contributed by atoms with Crippen LogP contribution >= 0.6 is 0 Å². The predicted molar refractivity (Wildman–Crippen MR) is 126 cm³/mol. The molecule has 1 aliphatic heterocycles. The van der Waals surface area contributed by atoms with Crippen LogP contribution in [0, 0.1) is 0 Å². The Morgan fingerprint density at radius 1 is 0.879 bits per heavy atom. The number of hydrogen-bond donors (Lipinski definition) is 1. The van der Waals surface area contributed by atoms with E-state index in [0.29, 0.717) is 42.2 Å². The number of amides is 2. The molecular weight excluding hydrogens is 422 g/mol. The molecule has 33 heavy (non-hydrogen) atoms. The van der Waals surface area contributed by atoms with Crippen molar-refractivity contribution < 1.29 is 23.8 Å². The average molecular weight is 456 g/mol. The van der Waals surface area contributed by atoms with Crippen LogP contribution in [0.15, 0.2) is 36.4 Å². The smallest absolute Gasteiger partial charge is 0.253 e. The van der Waals surface area contributed by atoms with E-state index >= 15 is 0 Å². The van der Waals surface area contributed by atoms with E-state index < -0.39 is 0 Å². The third-order valence-corrected chi connectivity index (χ3v) is 5.85. The van der Waals surface area contributed by atoms with Crippen molar-refractivity contribution in [3.63, 3.8) is 0 Å². The van der Waals surface area contributed by atoms with Gasteiger partial charge in [-0.3, -0.25) is 9.59 Å². The molecule has 2 amide bonds. The number of ether oxygens (including phenoxy) is 3. The fourth-order valence-electron chi connectivity index (χ4n) is 3.78. The first-order valence-electron chi connectivity index (χ1n) is 11.1. The number of piperazine rings is 1. The molecule has 178 valence electrons. The van der Waals surface area contributed by atoms with Crippen LogP contribution in [0.3, 0.4) is 0 Å². The SMILES string of the molecule is COc1cc(CCC(=O)NCc2ccc(C(=O)N3CCN(C)CC3)cc2)cc(OC)c1OC. The van der Waals surface area contributed by atoms with Gasteiger partial charge in [-0.15, -0.1) is 0 Å². The van der Waals surface area contributed by atoms with E-state index in [0.717, 1.165) is 37.3 Å². The van der Waals surface area contributed by atoms with Gasteiger partial charge in [0.25, 0.3) is 5.91 Å². The Balaban J connectivity index is 1.49. The predicted octanol–water partition coefficient (Wildman–Crippen LogP) is 2.35. The van der Waals surface area contributed by atoms with Crippen LogP contribution in [0.2, 0.25) is 0 Å². The lowest BCUT2D eigenvalue weighted by Crippen LogP contribution is -2.47. The van der Waals surface area contributed by atoms with Crippen LogP contribution in [0.25, 0.3) is 0 Å². The molecule has 0 atom stereocenters. The van der Waals surface area contributed by atoms with Crippen molar-refractivity contribution >= 4 is 11.8 Å². The highest BCUT2D eigenvalue weighted by molar-refractivity contribution is 5.94. The van der Waals surface area contributed by atoms with Crippen LogP contribution in [0.4, 0.5) is 0 Å². The zero-order valence-electron chi connectivity index (χ0n) is 19.8. The van der Waals surface area contributed by atoms with Crippen molar-refractivity contribution in [2.45, 2.75) is 19.4 Å². The van der Waals surface area contributed by atoms with Gasteiger partial charge in [-0.1, -0.05) is 12.1 Å². The number of nitrogens with one attached hydrogen (secondary N) is 1. The molecule has 8 nitrogen and oxygen atoms in total. The van der Waals surface area contributed by atoms with E-state index in [9.17, 15) is 9.59 Å². The second-order valence-electron chi connectivity index (χ2n) is 8.10. The highest BCUT2D eigenvalue weighted by Gasteiger charge is 2.20. The fourth-order valence-corrected chi connectivity index (χ4v) is 3.78. The highest BCUT2D eigenvalue weighted by Crippen LogP contribution is 2.38. The van der Waals surface area contributed by atoms with Crippen LogP contribution in [0.5, 0.6) is 17.2 Å². The average Bonchev–Trinajstić information content (AvgIpc) is 2.85. The number of carbonyl (C=O) groups excluding carboxylic acids is 2. The summed E-state index contributed by atoms with van der Waals surface area (Å²) in [4.78, 5) is 29.1. The van der Waals surface area contributed by atoms with Gasteiger partial charge >= 0.3 is 0 Å². The minimum Gasteiger partial charge on any atom is -0.493 e. The Hall–Kier alpha value is -3.26. The van der Waals surface area contributed by atoms with Gasteiger partial charge in [-0.05, 0) is 48.9 Å². The molecule has 0 aromatic heterocycles. The monoisotopic (exact) mass is 455 g/mol. The third kappa shape index (κ3) is 6.38. The van der Waals surface area contributed by atoms with Gasteiger partial charge in [0.1, 0.15) is 0 Å². The van der Waals surface area contributed by atoms with Gasteiger partial charge in [-0.2, -0.15) is 0 Å². The van der Waals surface area contributed by atoms with E-state index in [1.54, 1.807) is 21.3 Å². The molecule has 8 heteroatoms. The second kappa shape index (κ2) is 11.6. The number of methoxy groups -OCH3 is 3. The highest BCUT2D eigenvalue weighted by atomic mass is 16.5. The van der Waals surface area contributed by atoms with Crippen LogP contribution < -0.4 is 19.5 Å². The Morgan fingerprint density at radius 2 is 1.48 bits per heavy atom. The number of carbonyl (C=O) groups is 2. The number of likely N-dealkylation sites (N-methyl/N-ethyl adjacent to an activating group) is 1. The Labute approximate surface area is 195 Å². The minimum absolute atomic E-state index is 0.0543. The summed E-state index contributed by atoms with van der Waals surface area (Å²) in [5, 5.41) is 2.94. The summed E-state index contributed by atoms with van der Waals surface area (Å²) in [6.45, 7) is 3.70. The number of benzene rings is 2. The summed E-state index contributed by atoms with van der Waals surface area (Å²) in [6.07, 6.45) is 0.875. The number of aryl methyl sites for hydroxylation is 1. The van der Waals surface area contributed by atoms with Gasteiger partial charge < -0.3 is 29.3 Å². The maximum atomic E-state index is 12.6. The zero-order valence-corrected chi connectivity index (χ0v) is 19.8. The standard InChI is InChI=1S/C25H33N3O5/c1-27-11-13-28(14-12-27)25(30)20-8-5-18(6-9-20)17-26-23(29)10-7-19-15-21(31-2)24(33-4)22(16-19)32-3/h5-6,8-9,15-16H,7,10-14,17H2,1-4H3,(H,26,29). The summed E-state index contributed by atoms with van der Waals surface area (Å²) in [5.41, 5.74) is 2.55. The largest absolute Gasteiger partial charge is 0.493 e.